The summed E-state index contributed by atoms with van der Waals surface area (Å²) in [6, 6.07) is 6.34. The zero-order valence-electron chi connectivity index (χ0n) is 11.0. The van der Waals surface area contributed by atoms with E-state index in [1.54, 1.807) is 12.1 Å². The van der Waals surface area contributed by atoms with Crippen LogP contribution in [0.15, 0.2) is 29.2 Å². The summed E-state index contributed by atoms with van der Waals surface area (Å²) < 4.78 is 26.9. The predicted molar refractivity (Wildman–Crippen MR) is 74.1 cm³/mol. The molecule has 0 aromatic heterocycles. The van der Waals surface area contributed by atoms with Crippen molar-refractivity contribution in [1.82, 2.24) is 4.72 Å². The minimum atomic E-state index is -3.42. The van der Waals surface area contributed by atoms with E-state index in [-0.39, 0.29) is 11.5 Å². The van der Waals surface area contributed by atoms with Crippen LogP contribution < -0.4 is 4.72 Å². The molecule has 5 heteroatoms. The van der Waals surface area contributed by atoms with E-state index < -0.39 is 10.0 Å². The fraction of sp³-hybridized carbons (Fsp3) is 0.571. The van der Waals surface area contributed by atoms with Crippen molar-refractivity contribution in [2.24, 2.45) is 5.92 Å². The molecule has 0 spiro atoms. The highest BCUT2D eigenvalue weighted by Crippen LogP contribution is 2.23. The lowest BCUT2D eigenvalue weighted by molar-refractivity contribution is 0.282. The van der Waals surface area contributed by atoms with E-state index in [1.807, 2.05) is 0 Å². The summed E-state index contributed by atoms with van der Waals surface area (Å²) in [6.45, 7) is 0.458. The van der Waals surface area contributed by atoms with Gasteiger partial charge in [-0.2, -0.15) is 0 Å². The zero-order valence-corrected chi connectivity index (χ0v) is 11.8. The molecule has 2 N–H and O–H groups in total. The van der Waals surface area contributed by atoms with Crippen molar-refractivity contribution in [1.29, 1.82) is 0 Å². The third-order valence-corrected chi connectivity index (χ3v) is 5.14. The molecule has 0 saturated heterocycles. The average Bonchev–Trinajstić information content (AvgIpc) is 2.46. The largest absolute Gasteiger partial charge is 0.392 e. The number of hydrogen-bond acceptors (Lipinski definition) is 3. The van der Waals surface area contributed by atoms with Crippen LogP contribution in [0.25, 0.3) is 0 Å². The second-order valence-electron chi connectivity index (χ2n) is 5.16. The third-order valence-electron chi connectivity index (χ3n) is 3.70. The molecule has 1 fully saturated rings. The van der Waals surface area contributed by atoms with Gasteiger partial charge >= 0.3 is 0 Å². The topological polar surface area (TPSA) is 66.4 Å². The van der Waals surface area contributed by atoms with Gasteiger partial charge in [0.05, 0.1) is 11.5 Å². The molecule has 1 aromatic rings. The van der Waals surface area contributed by atoms with Gasteiger partial charge in [-0.05, 0) is 36.5 Å². The molecule has 0 bridgehead atoms. The van der Waals surface area contributed by atoms with Crippen molar-refractivity contribution >= 4 is 10.0 Å². The Morgan fingerprint density at radius 1 is 1.11 bits per heavy atom. The van der Waals surface area contributed by atoms with E-state index in [0.29, 0.717) is 18.0 Å². The molecule has 1 aliphatic carbocycles. The average molecular weight is 283 g/mol. The van der Waals surface area contributed by atoms with Crippen molar-refractivity contribution in [3.8, 4) is 0 Å². The van der Waals surface area contributed by atoms with Gasteiger partial charge in [0, 0.05) is 6.54 Å². The summed E-state index contributed by atoms with van der Waals surface area (Å²) >= 11 is 0. The van der Waals surface area contributed by atoms with Crippen LogP contribution in [0, 0.1) is 5.92 Å². The van der Waals surface area contributed by atoms with Crippen LogP contribution in [0.1, 0.15) is 37.7 Å². The summed E-state index contributed by atoms with van der Waals surface area (Å²) in [5.41, 5.74) is 0.714. The Hall–Kier alpha value is -0.910. The molecular formula is C14H21NO3S. The molecule has 0 unspecified atom stereocenters. The molecule has 0 atom stereocenters. The second kappa shape index (κ2) is 6.50. The first-order valence-electron chi connectivity index (χ1n) is 6.81. The molecule has 0 heterocycles. The Labute approximate surface area is 114 Å². The quantitative estimate of drug-likeness (QED) is 0.869. The van der Waals surface area contributed by atoms with Crippen LogP contribution in [0.2, 0.25) is 0 Å². The van der Waals surface area contributed by atoms with Crippen LogP contribution in [-0.4, -0.2) is 20.1 Å². The second-order valence-corrected chi connectivity index (χ2v) is 6.92. The molecule has 106 valence electrons. The van der Waals surface area contributed by atoms with Gasteiger partial charge in [-0.25, -0.2) is 13.1 Å². The van der Waals surface area contributed by atoms with E-state index in [1.165, 1.54) is 31.4 Å². The molecule has 1 saturated carbocycles. The standard InChI is InChI=1S/C14H21NO3S/c16-11-13-6-8-14(9-7-13)19(17,18)15-10-12-4-2-1-3-5-12/h6-9,12,15-16H,1-5,10-11H2. The molecule has 1 aliphatic rings. The Balaban J connectivity index is 1.96. The van der Waals surface area contributed by atoms with Crippen molar-refractivity contribution in [2.45, 2.75) is 43.6 Å². The Morgan fingerprint density at radius 3 is 2.32 bits per heavy atom. The smallest absolute Gasteiger partial charge is 0.240 e. The lowest BCUT2D eigenvalue weighted by Crippen LogP contribution is -2.30. The normalized spacial score (nSPS) is 17.5. The van der Waals surface area contributed by atoms with Gasteiger partial charge in [-0.3, -0.25) is 0 Å². The first-order chi connectivity index (χ1) is 9.12. The van der Waals surface area contributed by atoms with Crippen LogP contribution >= 0.6 is 0 Å². The van der Waals surface area contributed by atoms with Gasteiger partial charge in [0.2, 0.25) is 10.0 Å². The van der Waals surface area contributed by atoms with Crippen molar-refractivity contribution in [2.75, 3.05) is 6.54 Å². The number of benzene rings is 1. The maximum absolute atomic E-state index is 12.1. The number of rotatable bonds is 5. The van der Waals surface area contributed by atoms with Gasteiger partial charge in [-0.1, -0.05) is 31.4 Å². The summed E-state index contributed by atoms with van der Waals surface area (Å²) in [5, 5.41) is 8.94. The number of hydrogen-bond donors (Lipinski definition) is 2. The number of nitrogens with one attached hydrogen (secondary N) is 1. The van der Waals surface area contributed by atoms with E-state index in [2.05, 4.69) is 4.72 Å². The summed E-state index contributed by atoms with van der Waals surface area (Å²) in [6.07, 6.45) is 5.92. The Bertz CT molecular complexity index is 490. The lowest BCUT2D eigenvalue weighted by Gasteiger charge is -2.21. The first kappa shape index (κ1) is 14.5. The summed E-state index contributed by atoms with van der Waals surface area (Å²) in [7, 11) is -3.42. The fourth-order valence-electron chi connectivity index (χ4n) is 2.48. The van der Waals surface area contributed by atoms with Gasteiger partial charge in [-0.15, -0.1) is 0 Å². The Kier molecular flexibility index (Phi) is 4.96. The first-order valence-corrected chi connectivity index (χ1v) is 8.29. The van der Waals surface area contributed by atoms with Crippen LogP contribution in [0.4, 0.5) is 0 Å². The van der Waals surface area contributed by atoms with Crippen molar-refractivity contribution < 1.29 is 13.5 Å². The molecule has 4 nitrogen and oxygen atoms in total. The minimum Gasteiger partial charge on any atom is -0.392 e. The lowest BCUT2D eigenvalue weighted by atomic mass is 9.90. The Morgan fingerprint density at radius 2 is 1.74 bits per heavy atom. The fourth-order valence-corrected chi connectivity index (χ4v) is 3.59. The van der Waals surface area contributed by atoms with E-state index in [9.17, 15) is 8.42 Å². The zero-order chi connectivity index (χ0) is 13.7. The van der Waals surface area contributed by atoms with Crippen LogP contribution in [0.5, 0.6) is 0 Å². The molecule has 2 rings (SSSR count). The highest BCUT2D eigenvalue weighted by Gasteiger charge is 2.18. The van der Waals surface area contributed by atoms with Gasteiger partial charge in [0.15, 0.2) is 0 Å². The minimum absolute atomic E-state index is 0.0736. The number of sulfonamides is 1. The number of aliphatic hydroxyl groups excluding tert-OH is 1. The molecule has 0 amide bonds. The van der Waals surface area contributed by atoms with Crippen molar-refractivity contribution in [3.63, 3.8) is 0 Å². The van der Waals surface area contributed by atoms with E-state index >= 15 is 0 Å². The maximum Gasteiger partial charge on any atom is 0.240 e. The molecule has 0 aliphatic heterocycles. The van der Waals surface area contributed by atoms with E-state index in [0.717, 1.165) is 12.8 Å². The number of aliphatic hydroxyl groups is 1. The molecular weight excluding hydrogens is 262 g/mol. The molecule has 1 aromatic carbocycles. The van der Waals surface area contributed by atoms with Crippen LogP contribution in [-0.2, 0) is 16.6 Å². The van der Waals surface area contributed by atoms with Gasteiger partial charge in [0.25, 0.3) is 0 Å². The monoisotopic (exact) mass is 283 g/mol. The summed E-state index contributed by atoms with van der Waals surface area (Å²) in [4.78, 5) is 0.264. The predicted octanol–water partition coefficient (Wildman–Crippen LogP) is 2.04. The highest BCUT2D eigenvalue weighted by molar-refractivity contribution is 7.89. The highest BCUT2D eigenvalue weighted by atomic mass is 32.2. The molecule has 0 radical (unpaired) electrons. The van der Waals surface area contributed by atoms with E-state index in [4.69, 9.17) is 5.11 Å². The maximum atomic E-state index is 12.1. The third kappa shape index (κ3) is 4.03. The SMILES string of the molecule is O=S(=O)(NCC1CCCCC1)c1ccc(CO)cc1. The van der Waals surface area contributed by atoms with Crippen molar-refractivity contribution in [3.05, 3.63) is 29.8 Å². The molecule has 19 heavy (non-hydrogen) atoms. The van der Waals surface area contributed by atoms with Gasteiger partial charge < -0.3 is 5.11 Å². The van der Waals surface area contributed by atoms with Gasteiger partial charge in [0.1, 0.15) is 0 Å². The summed E-state index contributed by atoms with van der Waals surface area (Å²) in [5.74, 6) is 0.472. The van der Waals surface area contributed by atoms with Crippen LogP contribution in [0.3, 0.4) is 0 Å².